The third-order valence-electron chi connectivity index (χ3n) is 6.80. The Hall–Kier alpha value is -2.32. The normalized spacial score (nSPS) is 11.3. The molecular weight excluding hydrogens is 478 g/mol. The lowest BCUT2D eigenvalue weighted by atomic mass is 9.83. The standard InChI is InChI=1S/C28H51NO8/c1-2-3-4-5-6-7-8-9-10-11-12-13-14-15-16-23-37-27(36)29-28(20-17-24(30)31,21-18-25(32)33)22-19-26(34)35/h2-23H2,1H3,(H,29,36)(H,30,31)(H,32,33)(H,34,35). The number of amides is 1. The minimum atomic E-state index is -1.26. The number of unbranched alkanes of at least 4 members (excludes halogenated alkanes) is 14. The molecule has 0 aromatic rings. The predicted octanol–water partition coefficient (Wildman–Crippen LogP) is 6.92. The van der Waals surface area contributed by atoms with Crippen molar-refractivity contribution >= 4 is 24.0 Å². The highest BCUT2D eigenvalue weighted by Gasteiger charge is 2.34. The van der Waals surface area contributed by atoms with Crippen LogP contribution in [0, 0.1) is 0 Å². The van der Waals surface area contributed by atoms with Crippen molar-refractivity contribution in [3.8, 4) is 0 Å². The van der Waals surface area contributed by atoms with Crippen LogP contribution in [0.5, 0.6) is 0 Å². The molecule has 0 aliphatic carbocycles. The van der Waals surface area contributed by atoms with E-state index < -0.39 is 29.5 Å². The average Bonchev–Trinajstić information content (AvgIpc) is 2.84. The van der Waals surface area contributed by atoms with Gasteiger partial charge < -0.3 is 25.4 Å². The molecule has 0 aliphatic rings. The van der Waals surface area contributed by atoms with Gasteiger partial charge in [-0.2, -0.15) is 0 Å². The van der Waals surface area contributed by atoms with Crippen LogP contribution in [0.1, 0.15) is 142 Å². The fourth-order valence-corrected chi connectivity index (χ4v) is 4.49. The number of nitrogens with one attached hydrogen (secondary N) is 1. The van der Waals surface area contributed by atoms with Crippen LogP contribution in [-0.2, 0) is 19.1 Å². The minimum absolute atomic E-state index is 0.0725. The van der Waals surface area contributed by atoms with E-state index in [1.54, 1.807) is 0 Å². The van der Waals surface area contributed by atoms with E-state index in [1.165, 1.54) is 70.6 Å². The molecule has 0 aliphatic heterocycles. The van der Waals surface area contributed by atoms with Crippen molar-refractivity contribution in [1.82, 2.24) is 5.32 Å². The third kappa shape index (κ3) is 22.6. The zero-order valence-electron chi connectivity index (χ0n) is 22.9. The Bertz CT molecular complexity index is 592. The first-order chi connectivity index (χ1) is 17.7. The highest BCUT2D eigenvalue weighted by atomic mass is 16.5. The van der Waals surface area contributed by atoms with E-state index >= 15 is 0 Å². The Labute approximate surface area is 222 Å². The molecule has 37 heavy (non-hydrogen) atoms. The molecule has 4 N–H and O–H groups in total. The molecule has 0 saturated heterocycles. The molecule has 0 saturated carbocycles. The van der Waals surface area contributed by atoms with Gasteiger partial charge in [-0.05, 0) is 25.7 Å². The maximum absolute atomic E-state index is 12.4. The summed E-state index contributed by atoms with van der Waals surface area (Å²) in [7, 11) is 0. The van der Waals surface area contributed by atoms with Gasteiger partial charge in [0, 0.05) is 24.8 Å². The van der Waals surface area contributed by atoms with Gasteiger partial charge in [-0.1, -0.05) is 96.8 Å². The Balaban J connectivity index is 4.12. The van der Waals surface area contributed by atoms with E-state index in [-0.39, 0.29) is 45.1 Å². The maximum Gasteiger partial charge on any atom is 0.407 e. The minimum Gasteiger partial charge on any atom is -0.481 e. The summed E-state index contributed by atoms with van der Waals surface area (Å²) in [6, 6.07) is 0. The molecule has 0 fully saturated rings. The molecule has 9 heteroatoms. The number of rotatable bonds is 26. The van der Waals surface area contributed by atoms with Crippen molar-refractivity contribution in [2.45, 2.75) is 147 Å². The average molecular weight is 530 g/mol. The molecule has 0 heterocycles. The lowest BCUT2D eigenvalue weighted by Crippen LogP contribution is -2.49. The van der Waals surface area contributed by atoms with Gasteiger partial charge in [0.2, 0.25) is 0 Å². The molecule has 0 unspecified atom stereocenters. The number of ether oxygens (including phenoxy) is 1. The topological polar surface area (TPSA) is 150 Å². The van der Waals surface area contributed by atoms with E-state index in [1.807, 2.05) is 0 Å². The summed E-state index contributed by atoms with van der Waals surface area (Å²) in [5.41, 5.74) is -1.26. The Morgan fingerprint density at radius 1 is 0.568 bits per heavy atom. The number of alkyl carbamates (subject to hydrolysis) is 1. The smallest absolute Gasteiger partial charge is 0.407 e. The highest BCUT2D eigenvalue weighted by molar-refractivity contribution is 5.71. The second-order valence-corrected chi connectivity index (χ2v) is 10.2. The number of hydrogen-bond donors (Lipinski definition) is 4. The van der Waals surface area contributed by atoms with Gasteiger partial charge in [0.25, 0.3) is 0 Å². The first-order valence-electron chi connectivity index (χ1n) is 14.3. The van der Waals surface area contributed by atoms with E-state index in [0.29, 0.717) is 6.42 Å². The highest BCUT2D eigenvalue weighted by Crippen LogP contribution is 2.26. The maximum atomic E-state index is 12.4. The molecule has 0 spiro atoms. The predicted molar refractivity (Wildman–Crippen MR) is 143 cm³/mol. The van der Waals surface area contributed by atoms with Crippen LogP contribution in [0.2, 0.25) is 0 Å². The van der Waals surface area contributed by atoms with Crippen molar-refractivity contribution in [1.29, 1.82) is 0 Å². The Kier molecular flexibility index (Phi) is 21.4. The number of aliphatic carboxylic acids is 3. The summed E-state index contributed by atoms with van der Waals surface area (Å²) in [5, 5.41) is 29.7. The van der Waals surface area contributed by atoms with Crippen molar-refractivity contribution in [3.63, 3.8) is 0 Å². The van der Waals surface area contributed by atoms with Crippen LogP contribution in [0.4, 0.5) is 4.79 Å². The van der Waals surface area contributed by atoms with Crippen LogP contribution in [0.3, 0.4) is 0 Å². The van der Waals surface area contributed by atoms with Gasteiger partial charge in [0.15, 0.2) is 0 Å². The SMILES string of the molecule is CCCCCCCCCCCCCCCCCOC(=O)NC(CCC(=O)O)(CCC(=O)O)CCC(=O)O. The summed E-state index contributed by atoms with van der Waals surface area (Å²) < 4.78 is 5.24. The summed E-state index contributed by atoms with van der Waals surface area (Å²) in [6.07, 6.45) is 16.5. The molecule has 0 bridgehead atoms. The molecule has 0 atom stereocenters. The van der Waals surface area contributed by atoms with Gasteiger partial charge in [-0.3, -0.25) is 14.4 Å². The zero-order chi connectivity index (χ0) is 27.8. The van der Waals surface area contributed by atoms with Gasteiger partial charge in [-0.25, -0.2) is 4.79 Å². The largest absolute Gasteiger partial charge is 0.481 e. The molecule has 0 aromatic carbocycles. The second kappa shape index (κ2) is 22.8. The van der Waals surface area contributed by atoms with Crippen LogP contribution in [-0.4, -0.2) is 51.5 Å². The zero-order valence-corrected chi connectivity index (χ0v) is 22.9. The van der Waals surface area contributed by atoms with Gasteiger partial charge in [0.05, 0.1) is 6.61 Å². The van der Waals surface area contributed by atoms with Crippen LogP contribution >= 0.6 is 0 Å². The molecule has 9 nitrogen and oxygen atoms in total. The molecular formula is C28H51NO8. The molecule has 0 radical (unpaired) electrons. The van der Waals surface area contributed by atoms with Gasteiger partial charge in [-0.15, -0.1) is 0 Å². The summed E-state index contributed by atoms with van der Waals surface area (Å²) in [4.78, 5) is 45.6. The first-order valence-corrected chi connectivity index (χ1v) is 14.3. The van der Waals surface area contributed by atoms with Crippen molar-refractivity contribution in [3.05, 3.63) is 0 Å². The van der Waals surface area contributed by atoms with Crippen molar-refractivity contribution in [2.75, 3.05) is 6.61 Å². The summed E-state index contributed by atoms with van der Waals surface area (Å²) in [5.74, 6) is -3.33. The molecule has 0 rings (SSSR count). The third-order valence-corrected chi connectivity index (χ3v) is 6.80. The summed E-state index contributed by atoms with van der Waals surface area (Å²) >= 11 is 0. The Morgan fingerprint density at radius 3 is 1.22 bits per heavy atom. The fourth-order valence-electron chi connectivity index (χ4n) is 4.49. The van der Waals surface area contributed by atoms with Crippen LogP contribution in [0.25, 0.3) is 0 Å². The van der Waals surface area contributed by atoms with Crippen LogP contribution in [0.15, 0.2) is 0 Å². The van der Waals surface area contributed by atoms with E-state index in [9.17, 15) is 19.2 Å². The fraction of sp³-hybridized carbons (Fsp3) is 0.857. The number of carboxylic acids is 3. The molecule has 0 aromatic heterocycles. The van der Waals surface area contributed by atoms with E-state index in [4.69, 9.17) is 20.1 Å². The lowest BCUT2D eigenvalue weighted by Gasteiger charge is -2.33. The molecule has 1 amide bonds. The number of carboxylic acid groups (broad SMARTS) is 3. The summed E-state index contributed by atoms with van der Waals surface area (Å²) in [6.45, 7) is 2.45. The van der Waals surface area contributed by atoms with Gasteiger partial charge >= 0.3 is 24.0 Å². The molecule has 216 valence electrons. The van der Waals surface area contributed by atoms with E-state index in [2.05, 4.69) is 12.2 Å². The van der Waals surface area contributed by atoms with Crippen molar-refractivity contribution in [2.24, 2.45) is 0 Å². The monoisotopic (exact) mass is 529 g/mol. The number of hydrogen-bond acceptors (Lipinski definition) is 5. The van der Waals surface area contributed by atoms with E-state index in [0.717, 1.165) is 19.3 Å². The number of carbonyl (C=O) groups is 4. The lowest BCUT2D eigenvalue weighted by molar-refractivity contribution is -0.137. The quantitative estimate of drug-likeness (QED) is 0.0882. The number of carbonyl (C=O) groups excluding carboxylic acids is 1. The van der Waals surface area contributed by atoms with Crippen molar-refractivity contribution < 1.29 is 39.2 Å². The first kappa shape index (κ1) is 34.7. The Morgan fingerprint density at radius 2 is 0.892 bits per heavy atom. The van der Waals surface area contributed by atoms with Gasteiger partial charge in [0.1, 0.15) is 0 Å². The van der Waals surface area contributed by atoms with Crippen LogP contribution < -0.4 is 5.32 Å². The second-order valence-electron chi connectivity index (χ2n) is 10.2.